The molecule has 0 bridgehead atoms. The molecule has 0 radical (unpaired) electrons. The van der Waals surface area contributed by atoms with Crippen molar-refractivity contribution in [2.24, 2.45) is 10.3 Å². The number of benzene rings is 1. The molecule has 1 aromatic carbocycles. The lowest BCUT2D eigenvalue weighted by Crippen LogP contribution is -2.35. The summed E-state index contributed by atoms with van der Waals surface area (Å²) in [5, 5.41) is 7.48. The van der Waals surface area contributed by atoms with Crippen molar-refractivity contribution < 1.29 is 13.2 Å². The summed E-state index contributed by atoms with van der Waals surface area (Å²) < 4.78 is 36.3. The Bertz CT molecular complexity index is 1160. The summed E-state index contributed by atoms with van der Waals surface area (Å²) in [5.74, 6) is 0.355. The molecule has 0 unspecified atom stereocenters. The number of sulfonamides is 1. The fraction of sp³-hybridized carbons (Fsp3) is 0.381. The summed E-state index contributed by atoms with van der Waals surface area (Å²) in [7, 11) is -3.98. The van der Waals surface area contributed by atoms with Gasteiger partial charge < -0.3 is 10.1 Å². The van der Waals surface area contributed by atoms with Gasteiger partial charge in [0.1, 0.15) is 16.2 Å². The van der Waals surface area contributed by atoms with E-state index in [-0.39, 0.29) is 28.0 Å². The summed E-state index contributed by atoms with van der Waals surface area (Å²) in [5.41, 5.74) is 0.422. The Balaban J connectivity index is 2.28. The fourth-order valence-corrected chi connectivity index (χ4v) is 4.24. The van der Waals surface area contributed by atoms with E-state index in [0.29, 0.717) is 23.8 Å². The van der Waals surface area contributed by atoms with Gasteiger partial charge in [-0.15, -0.1) is 4.40 Å². The van der Waals surface area contributed by atoms with Crippen LogP contribution in [0.1, 0.15) is 51.3 Å². The molecule has 2 aromatic rings. The smallest absolute Gasteiger partial charge is 0.286 e. The molecule has 0 aliphatic carbocycles. The number of aryl methyl sites for hydroxylation is 1. The molecule has 0 amide bonds. The highest BCUT2D eigenvalue weighted by Gasteiger charge is 2.31. The second-order valence-electron chi connectivity index (χ2n) is 7.78. The van der Waals surface area contributed by atoms with Gasteiger partial charge in [-0.2, -0.15) is 13.5 Å². The van der Waals surface area contributed by atoms with Gasteiger partial charge in [-0.05, 0) is 24.5 Å². The Kier molecular flexibility index (Phi) is 6.12. The maximum Gasteiger partial charge on any atom is 0.286 e. The van der Waals surface area contributed by atoms with Crippen molar-refractivity contribution in [2.45, 2.75) is 51.5 Å². The number of hydrogen-bond acceptors (Lipinski definition) is 6. The summed E-state index contributed by atoms with van der Waals surface area (Å²) >= 11 is 0. The van der Waals surface area contributed by atoms with Crippen molar-refractivity contribution in [1.29, 1.82) is 0 Å². The molecule has 0 saturated heterocycles. The van der Waals surface area contributed by atoms with Crippen molar-refractivity contribution in [3.8, 4) is 5.75 Å². The number of fused-ring (bicyclic) bond motifs is 1. The second-order valence-corrected chi connectivity index (χ2v) is 9.35. The lowest BCUT2D eigenvalue weighted by molar-refractivity contribution is 0.430. The molecule has 0 fully saturated rings. The van der Waals surface area contributed by atoms with Crippen LogP contribution in [0.3, 0.4) is 0 Å². The minimum Gasteiger partial charge on any atom is -0.463 e. The second kappa shape index (κ2) is 8.43. The van der Waals surface area contributed by atoms with Crippen LogP contribution in [0, 0.1) is 5.92 Å². The highest BCUT2D eigenvalue weighted by atomic mass is 32.2. The third-order valence-corrected chi connectivity index (χ3v) is 6.00. The van der Waals surface area contributed by atoms with Crippen molar-refractivity contribution in [3.05, 3.63) is 58.7 Å². The first-order chi connectivity index (χ1) is 14.2. The van der Waals surface area contributed by atoms with E-state index in [9.17, 15) is 13.2 Å². The highest BCUT2D eigenvalue weighted by molar-refractivity contribution is 7.90. The zero-order valence-electron chi connectivity index (χ0n) is 17.5. The monoisotopic (exact) mass is 430 g/mol. The molecule has 1 aliphatic rings. The van der Waals surface area contributed by atoms with E-state index in [1.807, 2.05) is 13.8 Å². The maximum absolute atomic E-state index is 13.3. The van der Waals surface area contributed by atoms with Crippen molar-refractivity contribution in [2.75, 3.05) is 5.32 Å². The average Bonchev–Trinajstić information content (AvgIpc) is 2.66. The van der Waals surface area contributed by atoms with Gasteiger partial charge in [0.25, 0.3) is 15.6 Å². The Labute approximate surface area is 176 Å². The van der Waals surface area contributed by atoms with E-state index in [4.69, 9.17) is 4.74 Å². The molecule has 1 aromatic heterocycles. The number of nitrogens with one attached hydrogen (secondary N) is 1. The molecule has 8 nitrogen and oxygen atoms in total. The standard InChI is InChI=1S/C21H26N4O4S/c1-6-29-19-17(20-22-15-9-7-8-10-16(15)30(27,28)24-20)21(26)25(12-11-13(2)3)23-18(19)14(4)5/h6-10,13-14H,1,11-12H2,2-5H3,(H,22,24). The zero-order valence-corrected chi connectivity index (χ0v) is 18.4. The van der Waals surface area contributed by atoms with Crippen LogP contribution >= 0.6 is 0 Å². The van der Waals surface area contributed by atoms with Gasteiger partial charge in [0, 0.05) is 12.5 Å². The van der Waals surface area contributed by atoms with Crippen molar-refractivity contribution in [1.82, 2.24) is 9.78 Å². The number of nitrogens with zero attached hydrogens (tertiary/aromatic N) is 3. The topological polar surface area (TPSA) is 103 Å². The summed E-state index contributed by atoms with van der Waals surface area (Å²) in [4.78, 5) is 13.4. The van der Waals surface area contributed by atoms with Crippen LogP contribution in [0.25, 0.3) is 0 Å². The minimum absolute atomic E-state index is 0.0236. The van der Waals surface area contributed by atoms with Crippen LogP contribution in [0.15, 0.2) is 51.2 Å². The Morgan fingerprint density at radius 3 is 2.57 bits per heavy atom. The van der Waals surface area contributed by atoms with E-state index in [0.717, 1.165) is 6.42 Å². The predicted octanol–water partition coefficient (Wildman–Crippen LogP) is 3.50. The van der Waals surface area contributed by atoms with Crippen LogP contribution in [-0.2, 0) is 16.6 Å². The largest absolute Gasteiger partial charge is 0.463 e. The molecule has 9 heteroatoms. The third-order valence-electron chi connectivity index (χ3n) is 4.67. The number of rotatable bonds is 7. The summed E-state index contributed by atoms with van der Waals surface area (Å²) in [6, 6.07) is 6.41. The maximum atomic E-state index is 13.3. The molecule has 1 aliphatic heterocycles. The molecule has 160 valence electrons. The van der Waals surface area contributed by atoms with Gasteiger partial charge in [0.05, 0.1) is 11.9 Å². The molecule has 0 spiro atoms. The number of amidine groups is 1. The molecule has 30 heavy (non-hydrogen) atoms. The lowest BCUT2D eigenvalue weighted by Gasteiger charge is -2.22. The van der Waals surface area contributed by atoms with Gasteiger partial charge in [0.2, 0.25) is 0 Å². The molecular formula is C21H26N4O4S. The highest BCUT2D eigenvalue weighted by Crippen LogP contribution is 2.32. The molecule has 0 saturated carbocycles. The van der Waals surface area contributed by atoms with Gasteiger partial charge in [-0.3, -0.25) is 4.79 Å². The number of hydrogen-bond donors (Lipinski definition) is 1. The summed E-state index contributed by atoms with van der Waals surface area (Å²) in [6.45, 7) is 11.9. The van der Waals surface area contributed by atoms with E-state index < -0.39 is 15.6 Å². The normalized spacial score (nSPS) is 14.8. The van der Waals surface area contributed by atoms with Crippen molar-refractivity contribution >= 4 is 21.5 Å². The Morgan fingerprint density at radius 2 is 1.93 bits per heavy atom. The minimum atomic E-state index is -3.98. The van der Waals surface area contributed by atoms with Crippen LogP contribution in [0.2, 0.25) is 0 Å². The first-order valence-electron chi connectivity index (χ1n) is 9.79. The average molecular weight is 431 g/mol. The number of aromatic nitrogens is 2. The van der Waals surface area contributed by atoms with E-state index >= 15 is 0 Å². The lowest BCUT2D eigenvalue weighted by atomic mass is 10.1. The fourth-order valence-electron chi connectivity index (χ4n) is 3.12. The Hall–Kier alpha value is -2.94. The first kappa shape index (κ1) is 21.8. The van der Waals surface area contributed by atoms with Crippen molar-refractivity contribution in [3.63, 3.8) is 0 Å². The molecule has 2 heterocycles. The molecule has 0 atom stereocenters. The summed E-state index contributed by atoms with van der Waals surface area (Å²) in [6.07, 6.45) is 1.93. The van der Waals surface area contributed by atoms with E-state index in [1.165, 1.54) is 17.0 Å². The van der Waals surface area contributed by atoms with E-state index in [2.05, 4.69) is 35.2 Å². The van der Waals surface area contributed by atoms with Gasteiger partial charge in [-0.1, -0.05) is 46.4 Å². The third kappa shape index (κ3) is 4.16. The zero-order chi connectivity index (χ0) is 22.1. The van der Waals surface area contributed by atoms with E-state index in [1.54, 1.807) is 18.2 Å². The van der Waals surface area contributed by atoms with Gasteiger partial charge >= 0.3 is 0 Å². The molecular weight excluding hydrogens is 404 g/mol. The SMILES string of the molecule is C=COc1c(C(C)C)nn(CCC(C)C)c(=O)c1C1=NS(=O)(=O)c2ccccc2N1. The molecule has 3 rings (SSSR count). The predicted molar refractivity (Wildman–Crippen MR) is 117 cm³/mol. The van der Waals surface area contributed by atoms with Crippen LogP contribution in [0.5, 0.6) is 5.75 Å². The number of para-hydroxylation sites is 1. The number of anilines is 1. The van der Waals surface area contributed by atoms with Gasteiger partial charge in [-0.25, -0.2) is 4.68 Å². The molecule has 1 N–H and O–H groups in total. The van der Waals surface area contributed by atoms with Crippen LogP contribution in [-0.4, -0.2) is 24.0 Å². The first-order valence-corrected chi connectivity index (χ1v) is 11.2. The van der Waals surface area contributed by atoms with Crippen LogP contribution in [0.4, 0.5) is 5.69 Å². The number of ether oxygens (including phenoxy) is 1. The van der Waals surface area contributed by atoms with Crippen LogP contribution < -0.4 is 15.6 Å². The quantitative estimate of drug-likeness (QED) is 0.675. The van der Waals surface area contributed by atoms with Gasteiger partial charge in [0.15, 0.2) is 11.6 Å². The Morgan fingerprint density at radius 1 is 1.23 bits per heavy atom.